The van der Waals surface area contributed by atoms with E-state index in [1.807, 2.05) is 32.0 Å². The average molecular weight is 245 g/mol. The number of nitrogens with one attached hydrogen (secondary N) is 1. The van der Waals surface area contributed by atoms with Gasteiger partial charge in [-0.3, -0.25) is 4.79 Å². The van der Waals surface area contributed by atoms with Crippen molar-refractivity contribution in [1.82, 2.24) is 0 Å². The van der Waals surface area contributed by atoms with Crippen molar-refractivity contribution in [2.75, 3.05) is 11.9 Å². The van der Waals surface area contributed by atoms with Gasteiger partial charge < -0.3 is 14.5 Å². The number of benzene rings is 1. The summed E-state index contributed by atoms with van der Waals surface area (Å²) in [5.41, 5.74) is 2.24. The fraction of sp³-hybridized carbons (Fsp3) is 0.214. The molecule has 1 amide bonds. The third kappa shape index (κ3) is 2.71. The Hall–Kier alpha value is -2.23. The van der Waals surface area contributed by atoms with Crippen LogP contribution in [0.2, 0.25) is 0 Å². The Balaban J connectivity index is 2.14. The lowest BCUT2D eigenvalue weighted by Crippen LogP contribution is -2.11. The minimum absolute atomic E-state index is 0.199. The summed E-state index contributed by atoms with van der Waals surface area (Å²) in [7, 11) is 0. The van der Waals surface area contributed by atoms with E-state index in [2.05, 4.69) is 5.32 Å². The molecule has 4 nitrogen and oxygen atoms in total. The molecule has 0 spiro atoms. The van der Waals surface area contributed by atoms with Crippen LogP contribution in [-0.2, 0) is 0 Å². The molecule has 0 bridgehead atoms. The van der Waals surface area contributed by atoms with Crippen molar-refractivity contribution in [3.63, 3.8) is 0 Å². The first kappa shape index (κ1) is 12.2. The van der Waals surface area contributed by atoms with Crippen LogP contribution in [-0.4, -0.2) is 12.5 Å². The minimum atomic E-state index is -0.199. The van der Waals surface area contributed by atoms with E-state index < -0.39 is 0 Å². The molecule has 0 atom stereocenters. The molecule has 2 rings (SSSR count). The second-order valence-electron chi connectivity index (χ2n) is 3.88. The van der Waals surface area contributed by atoms with E-state index in [4.69, 9.17) is 9.15 Å². The number of aryl methyl sites for hydroxylation is 1. The second kappa shape index (κ2) is 5.40. The topological polar surface area (TPSA) is 51.5 Å². The van der Waals surface area contributed by atoms with Crippen LogP contribution in [0.4, 0.5) is 5.69 Å². The number of hydrogen-bond acceptors (Lipinski definition) is 3. The average Bonchev–Trinajstić information content (AvgIpc) is 2.87. The Morgan fingerprint density at radius 1 is 1.39 bits per heavy atom. The first-order valence-electron chi connectivity index (χ1n) is 5.77. The van der Waals surface area contributed by atoms with Crippen molar-refractivity contribution in [3.05, 3.63) is 47.9 Å². The van der Waals surface area contributed by atoms with Crippen molar-refractivity contribution in [1.29, 1.82) is 0 Å². The molecular formula is C14H15NO3. The standard InChI is InChI=1S/C14H15NO3/c1-3-18-13-8-12(5-4-10(13)2)15-14(16)11-6-7-17-9-11/h4-9H,3H2,1-2H3,(H,15,16). The van der Waals surface area contributed by atoms with Crippen LogP contribution in [0.1, 0.15) is 22.8 Å². The molecule has 0 unspecified atom stereocenters. The zero-order chi connectivity index (χ0) is 13.0. The molecule has 4 heteroatoms. The molecule has 0 aliphatic rings. The number of furan rings is 1. The van der Waals surface area contributed by atoms with E-state index in [-0.39, 0.29) is 5.91 Å². The fourth-order valence-corrected chi connectivity index (χ4v) is 1.59. The normalized spacial score (nSPS) is 10.1. The molecule has 0 saturated heterocycles. The van der Waals surface area contributed by atoms with Crippen LogP contribution < -0.4 is 10.1 Å². The lowest BCUT2D eigenvalue weighted by Gasteiger charge is -2.10. The van der Waals surface area contributed by atoms with Crippen LogP contribution in [0.3, 0.4) is 0 Å². The maximum absolute atomic E-state index is 11.8. The van der Waals surface area contributed by atoms with E-state index in [0.29, 0.717) is 17.9 Å². The summed E-state index contributed by atoms with van der Waals surface area (Å²) in [6.07, 6.45) is 2.88. The van der Waals surface area contributed by atoms with Crippen molar-refractivity contribution in [2.24, 2.45) is 0 Å². The Labute approximate surface area is 106 Å². The van der Waals surface area contributed by atoms with Gasteiger partial charge in [0.15, 0.2) is 0 Å². The highest BCUT2D eigenvalue weighted by Gasteiger charge is 2.08. The molecule has 1 aromatic carbocycles. The largest absolute Gasteiger partial charge is 0.494 e. The predicted molar refractivity (Wildman–Crippen MR) is 69.0 cm³/mol. The molecule has 0 aliphatic carbocycles. The summed E-state index contributed by atoms with van der Waals surface area (Å²) in [6, 6.07) is 7.19. The summed E-state index contributed by atoms with van der Waals surface area (Å²) < 4.78 is 10.3. The molecule has 0 radical (unpaired) electrons. The quantitative estimate of drug-likeness (QED) is 0.899. The zero-order valence-electron chi connectivity index (χ0n) is 10.4. The number of ether oxygens (including phenoxy) is 1. The van der Waals surface area contributed by atoms with Gasteiger partial charge in [-0.05, 0) is 31.5 Å². The maximum atomic E-state index is 11.8. The number of rotatable bonds is 4. The van der Waals surface area contributed by atoms with Gasteiger partial charge in [0, 0.05) is 11.8 Å². The SMILES string of the molecule is CCOc1cc(NC(=O)c2ccoc2)ccc1C. The predicted octanol–water partition coefficient (Wildman–Crippen LogP) is 3.24. The van der Waals surface area contributed by atoms with E-state index in [0.717, 1.165) is 11.3 Å². The van der Waals surface area contributed by atoms with Crippen LogP contribution >= 0.6 is 0 Å². The van der Waals surface area contributed by atoms with Crippen molar-refractivity contribution in [3.8, 4) is 5.75 Å². The van der Waals surface area contributed by atoms with Gasteiger partial charge in [0.05, 0.1) is 18.4 Å². The molecule has 0 fully saturated rings. The van der Waals surface area contributed by atoms with Gasteiger partial charge in [0.2, 0.25) is 0 Å². The molecule has 2 aromatic rings. The van der Waals surface area contributed by atoms with Gasteiger partial charge in [0.25, 0.3) is 5.91 Å². The summed E-state index contributed by atoms with van der Waals surface area (Å²) in [6.45, 7) is 4.49. The number of hydrogen-bond donors (Lipinski definition) is 1. The highest BCUT2D eigenvalue weighted by Crippen LogP contribution is 2.23. The van der Waals surface area contributed by atoms with Gasteiger partial charge in [-0.2, -0.15) is 0 Å². The van der Waals surface area contributed by atoms with Crippen LogP contribution in [0.25, 0.3) is 0 Å². The summed E-state index contributed by atoms with van der Waals surface area (Å²) in [5.74, 6) is 0.581. The number of anilines is 1. The van der Waals surface area contributed by atoms with E-state index in [1.165, 1.54) is 12.5 Å². The molecule has 94 valence electrons. The Bertz CT molecular complexity index is 532. The van der Waals surface area contributed by atoms with E-state index >= 15 is 0 Å². The third-order valence-electron chi connectivity index (χ3n) is 2.53. The minimum Gasteiger partial charge on any atom is -0.494 e. The van der Waals surface area contributed by atoms with Gasteiger partial charge in [0.1, 0.15) is 12.0 Å². The molecule has 1 aromatic heterocycles. The Morgan fingerprint density at radius 3 is 2.89 bits per heavy atom. The number of amides is 1. The fourth-order valence-electron chi connectivity index (χ4n) is 1.59. The monoisotopic (exact) mass is 245 g/mol. The summed E-state index contributed by atoms with van der Waals surface area (Å²) in [5, 5.41) is 2.79. The van der Waals surface area contributed by atoms with E-state index in [1.54, 1.807) is 6.07 Å². The van der Waals surface area contributed by atoms with Crippen LogP contribution in [0, 0.1) is 6.92 Å². The third-order valence-corrected chi connectivity index (χ3v) is 2.53. The molecule has 0 saturated carbocycles. The first-order chi connectivity index (χ1) is 8.70. The van der Waals surface area contributed by atoms with Crippen LogP contribution in [0.5, 0.6) is 5.75 Å². The summed E-state index contributed by atoms with van der Waals surface area (Å²) >= 11 is 0. The lowest BCUT2D eigenvalue weighted by molar-refractivity contribution is 0.102. The Morgan fingerprint density at radius 2 is 2.22 bits per heavy atom. The van der Waals surface area contributed by atoms with Gasteiger partial charge in [-0.1, -0.05) is 6.07 Å². The van der Waals surface area contributed by atoms with Crippen molar-refractivity contribution < 1.29 is 13.9 Å². The summed E-state index contributed by atoms with van der Waals surface area (Å²) in [4.78, 5) is 11.8. The molecule has 1 heterocycles. The molecule has 0 aliphatic heterocycles. The highest BCUT2D eigenvalue weighted by atomic mass is 16.5. The van der Waals surface area contributed by atoms with Crippen LogP contribution in [0.15, 0.2) is 41.2 Å². The zero-order valence-corrected chi connectivity index (χ0v) is 10.4. The van der Waals surface area contributed by atoms with Crippen molar-refractivity contribution >= 4 is 11.6 Å². The smallest absolute Gasteiger partial charge is 0.258 e. The highest BCUT2D eigenvalue weighted by molar-refractivity contribution is 6.04. The molecular weight excluding hydrogens is 230 g/mol. The first-order valence-corrected chi connectivity index (χ1v) is 5.77. The van der Waals surface area contributed by atoms with E-state index in [9.17, 15) is 4.79 Å². The van der Waals surface area contributed by atoms with Gasteiger partial charge >= 0.3 is 0 Å². The number of carbonyl (C=O) groups is 1. The second-order valence-corrected chi connectivity index (χ2v) is 3.88. The lowest BCUT2D eigenvalue weighted by atomic mass is 10.2. The van der Waals surface area contributed by atoms with Gasteiger partial charge in [-0.15, -0.1) is 0 Å². The maximum Gasteiger partial charge on any atom is 0.258 e. The number of carbonyl (C=O) groups excluding carboxylic acids is 1. The van der Waals surface area contributed by atoms with Crippen molar-refractivity contribution in [2.45, 2.75) is 13.8 Å². The Kier molecular flexibility index (Phi) is 3.67. The molecule has 1 N–H and O–H groups in total. The molecule has 18 heavy (non-hydrogen) atoms. The van der Waals surface area contributed by atoms with Gasteiger partial charge in [-0.25, -0.2) is 0 Å².